The minimum absolute atomic E-state index is 0.0807. The first-order valence-electron chi connectivity index (χ1n) is 5.30. The van der Waals surface area contributed by atoms with E-state index < -0.39 is 11.0 Å². The summed E-state index contributed by atoms with van der Waals surface area (Å²) in [5.41, 5.74) is 2.51. The molecule has 1 rings (SSSR count). The molecule has 0 aliphatic rings. The molecule has 0 spiro atoms. The van der Waals surface area contributed by atoms with Crippen molar-refractivity contribution in [3.05, 3.63) is 45.0 Å². The molecule has 18 heavy (non-hydrogen) atoms. The summed E-state index contributed by atoms with van der Waals surface area (Å²) >= 11 is 5.51. The Labute approximate surface area is 110 Å². The van der Waals surface area contributed by atoms with Gasteiger partial charge in [-0.1, -0.05) is 11.6 Å². The molecular formula is C12H14ClNO4. The fraction of sp³-hybridized carbons (Fsp3) is 0.333. The van der Waals surface area contributed by atoms with Crippen LogP contribution in [-0.2, 0) is 0 Å². The van der Waals surface area contributed by atoms with Crippen LogP contribution in [0.15, 0.2) is 29.3 Å². The molecule has 1 aromatic carbocycles. The van der Waals surface area contributed by atoms with Gasteiger partial charge >= 0.3 is 0 Å². The van der Waals surface area contributed by atoms with Crippen molar-refractivity contribution < 1.29 is 14.8 Å². The maximum absolute atomic E-state index is 10.7. The molecule has 1 atom stereocenters. The van der Waals surface area contributed by atoms with E-state index in [2.05, 4.69) is 0 Å². The van der Waals surface area contributed by atoms with Gasteiger partial charge in [-0.25, -0.2) is 0 Å². The van der Waals surface area contributed by atoms with Crippen LogP contribution < -0.4 is 4.74 Å². The van der Waals surface area contributed by atoms with Crippen molar-refractivity contribution in [2.45, 2.75) is 20.0 Å². The highest BCUT2D eigenvalue weighted by molar-refractivity contribution is 6.25. The quantitative estimate of drug-likeness (QED) is 0.659. The normalized spacial score (nSPS) is 13.2. The lowest BCUT2D eigenvalue weighted by molar-refractivity contribution is -0.385. The Bertz CT molecular complexity index is 471. The third kappa shape index (κ3) is 3.72. The van der Waals surface area contributed by atoms with Gasteiger partial charge < -0.3 is 9.84 Å². The third-order valence-electron chi connectivity index (χ3n) is 2.30. The average molecular weight is 272 g/mol. The number of halogens is 1. The monoisotopic (exact) mass is 271 g/mol. The maximum Gasteiger partial charge on any atom is 0.270 e. The Balaban J connectivity index is 3.00. The average Bonchev–Trinajstić information content (AvgIpc) is 2.35. The molecule has 0 amide bonds. The van der Waals surface area contributed by atoms with E-state index in [-0.39, 0.29) is 12.3 Å². The Kier molecular flexibility index (Phi) is 5.12. The molecule has 1 N–H and O–H groups in total. The van der Waals surface area contributed by atoms with Crippen LogP contribution >= 0.6 is 11.6 Å². The van der Waals surface area contributed by atoms with Crippen LogP contribution in [-0.4, -0.2) is 16.6 Å². The molecule has 0 aliphatic carbocycles. The van der Waals surface area contributed by atoms with Gasteiger partial charge in [0.05, 0.1) is 11.0 Å². The smallest absolute Gasteiger partial charge is 0.270 e. The van der Waals surface area contributed by atoms with Crippen molar-refractivity contribution in [3.8, 4) is 5.75 Å². The van der Waals surface area contributed by atoms with E-state index in [1.54, 1.807) is 6.92 Å². The van der Waals surface area contributed by atoms with E-state index in [1.165, 1.54) is 30.7 Å². The predicted octanol–water partition coefficient (Wildman–Crippen LogP) is 3.17. The first-order chi connectivity index (χ1) is 8.45. The van der Waals surface area contributed by atoms with Crippen molar-refractivity contribution in [2.75, 3.05) is 6.61 Å². The van der Waals surface area contributed by atoms with Crippen LogP contribution in [0.2, 0.25) is 0 Å². The molecule has 0 aromatic heterocycles. The number of nitrogens with zero attached hydrogens (tertiary/aromatic N) is 1. The summed E-state index contributed by atoms with van der Waals surface area (Å²) < 4.78 is 5.45. The van der Waals surface area contributed by atoms with Crippen molar-refractivity contribution in [1.29, 1.82) is 0 Å². The van der Waals surface area contributed by atoms with E-state index in [4.69, 9.17) is 16.3 Å². The summed E-state index contributed by atoms with van der Waals surface area (Å²) in [6, 6.07) is 4.11. The molecule has 6 heteroatoms. The Hall–Kier alpha value is -1.59. The number of ether oxygens (including phenoxy) is 1. The van der Waals surface area contributed by atoms with Gasteiger partial charge in [0.25, 0.3) is 5.69 Å². The van der Waals surface area contributed by atoms with E-state index >= 15 is 0 Å². The molecule has 0 radical (unpaired) electrons. The first-order valence-corrected chi connectivity index (χ1v) is 5.74. The zero-order chi connectivity index (χ0) is 13.7. The second-order valence-corrected chi connectivity index (χ2v) is 4.12. The SMILES string of the molecule is C/C(=C\Cl)COc1ccc([N+](=O)[O-])cc1[C@@H](C)O. The number of hydrogen-bond donors (Lipinski definition) is 1. The van der Waals surface area contributed by atoms with Crippen molar-refractivity contribution >= 4 is 17.3 Å². The van der Waals surface area contributed by atoms with Crippen molar-refractivity contribution in [1.82, 2.24) is 0 Å². The molecule has 0 heterocycles. The van der Waals surface area contributed by atoms with Crippen LogP contribution in [0.25, 0.3) is 0 Å². The van der Waals surface area contributed by atoms with E-state index in [0.717, 1.165) is 5.57 Å². The van der Waals surface area contributed by atoms with Gasteiger partial charge in [-0.15, -0.1) is 0 Å². The summed E-state index contributed by atoms with van der Waals surface area (Å²) in [7, 11) is 0. The van der Waals surface area contributed by atoms with Gasteiger partial charge in [-0.2, -0.15) is 0 Å². The summed E-state index contributed by atoms with van der Waals surface area (Å²) in [5, 5.41) is 20.2. The Morgan fingerprint density at radius 2 is 2.33 bits per heavy atom. The molecule has 0 aliphatic heterocycles. The molecule has 98 valence electrons. The molecule has 0 unspecified atom stereocenters. The van der Waals surface area contributed by atoms with Crippen LogP contribution in [0, 0.1) is 10.1 Å². The van der Waals surface area contributed by atoms with Crippen molar-refractivity contribution in [3.63, 3.8) is 0 Å². The summed E-state index contributed by atoms with van der Waals surface area (Å²) in [6.07, 6.45) is -0.847. The number of aliphatic hydroxyl groups excluding tert-OH is 1. The zero-order valence-corrected chi connectivity index (χ0v) is 10.8. The lowest BCUT2D eigenvalue weighted by Crippen LogP contribution is -2.04. The number of non-ortho nitro benzene ring substituents is 1. The first kappa shape index (κ1) is 14.5. The fourth-order valence-corrected chi connectivity index (χ4v) is 1.39. The number of nitro groups is 1. The number of hydrogen-bond acceptors (Lipinski definition) is 4. The lowest BCUT2D eigenvalue weighted by Gasteiger charge is -2.13. The predicted molar refractivity (Wildman–Crippen MR) is 68.8 cm³/mol. The zero-order valence-electron chi connectivity index (χ0n) is 10.1. The molecule has 0 saturated carbocycles. The third-order valence-corrected chi connectivity index (χ3v) is 2.67. The number of benzene rings is 1. The molecule has 1 aromatic rings. The maximum atomic E-state index is 10.7. The minimum atomic E-state index is -0.847. The summed E-state index contributed by atoms with van der Waals surface area (Å²) in [4.78, 5) is 10.1. The fourth-order valence-electron chi connectivity index (χ4n) is 1.33. The van der Waals surface area contributed by atoms with E-state index in [9.17, 15) is 15.2 Å². The lowest BCUT2D eigenvalue weighted by atomic mass is 10.1. The Morgan fingerprint density at radius 1 is 1.67 bits per heavy atom. The molecule has 0 bridgehead atoms. The van der Waals surface area contributed by atoms with E-state index in [0.29, 0.717) is 11.3 Å². The molecular weight excluding hydrogens is 258 g/mol. The van der Waals surface area contributed by atoms with Crippen LogP contribution in [0.3, 0.4) is 0 Å². The van der Waals surface area contributed by atoms with E-state index in [1.807, 2.05) is 0 Å². The van der Waals surface area contributed by atoms with Crippen LogP contribution in [0.4, 0.5) is 5.69 Å². The second kappa shape index (κ2) is 6.37. The van der Waals surface area contributed by atoms with Crippen molar-refractivity contribution in [2.24, 2.45) is 0 Å². The highest BCUT2D eigenvalue weighted by Gasteiger charge is 2.15. The largest absolute Gasteiger partial charge is 0.489 e. The van der Waals surface area contributed by atoms with Gasteiger partial charge in [-0.3, -0.25) is 10.1 Å². The Morgan fingerprint density at radius 3 is 2.83 bits per heavy atom. The minimum Gasteiger partial charge on any atom is -0.489 e. The standard InChI is InChI=1S/C12H14ClNO4/c1-8(6-13)7-18-12-4-3-10(14(16)17)5-11(12)9(2)15/h3-6,9,15H,7H2,1-2H3/b8-6+/t9-/m1/s1. The number of aliphatic hydroxyl groups is 1. The number of nitro benzene ring substituents is 1. The molecule has 0 saturated heterocycles. The summed E-state index contributed by atoms with van der Waals surface area (Å²) in [5.74, 6) is 0.411. The summed E-state index contributed by atoms with van der Waals surface area (Å²) in [6.45, 7) is 3.58. The van der Waals surface area contributed by atoms with Gasteiger partial charge in [0.1, 0.15) is 12.4 Å². The number of rotatable bonds is 5. The van der Waals surface area contributed by atoms with Gasteiger partial charge in [0.15, 0.2) is 0 Å². The van der Waals surface area contributed by atoms with Crippen LogP contribution in [0.1, 0.15) is 25.5 Å². The van der Waals surface area contributed by atoms with Crippen LogP contribution in [0.5, 0.6) is 5.75 Å². The molecule has 5 nitrogen and oxygen atoms in total. The second-order valence-electron chi connectivity index (χ2n) is 3.90. The topological polar surface area (TPSA) is 72.6 Å². The van der Waals surface area contributed by atoms with Gasteiger partial charge in [-0.05, 0) is 25.5 Å². The highest BCUT2D eigenvalue weighted by atomic mass is 35.5. The molecule has 0 fully saturated rings. The van der Waals surface area contributed by atoms with Gasteiger partial charge in [0, 0.05) is 23.2 Å². The van der Waals surface area contributed by atoms with Gasteiger partial charge in [0.2, 0.25) is 0 Å². The highest BCUT2D eigenvalue weighted by Crippen LogP contribution is 2.29.